The summed E-state index contributed by atoms with van der Waals surface area (Å²) in [6.45, 7) is 0. The van der Waals surface area contributed by atoms with Crippen LogP contribution in [0.15, 0.2) is 6.07 Å². The summed E-state index contributed by atoms with van der Waals surface area (Å²) in [6, 6.07) is 0.409. The molecular weight excluding hydrogens is 217 g/mol. The van der Waals surface area contributed by atoms with Gasteiger partial charge in [0.05, 0.1) is 17.6 Å². The van der Waals surface area contributed by atoms with Crippen LogP contribution in [0.5, 0.6) is 5.88 Å². The number of hydrogen-bond acceptors (Lipinski definition) is 4. The lowest BCUT2D eigenvalue weighted by Gasteiger charge is -2.05. The van der Waals surface area contributed by atoms with E-state index in [1.165, 1.54) is 0 Å². The molecule has 0 bridgehead atoms. The summed E-state index contributed by atoms with van der Waals surface area (Å²) in [7, 11) is 1.01. The van der Waals surface area contributed by atoms with E-state index in [0.29, 0.717) is 6.07 Å². The SMILES string of the molecule is COc1nc(F)c([N+](=O)[O-])cc1C(F)F. The van der Waals surface area contributed by atoms with Crippen LogP contribution in [-0.2, 0) is 0 Å². The molecule has 15 heavy (non-hydrogen) atoms. The molecule has 0 saturated carbocycles. The van der Waals surface area contributed by atoms with Gasteiger partial charge in [-0.1, -0.05) is 0 Å². The molecule has 1 aromatic heterocycles. The Balaban J connectivity index is 3.37. The van der Waals surface area contributed by atoms with E-state index in [1.54, 1.807) is 0 Å². The number of nitro groups is 1. The molecule has 0 aliphatic carbocycles. The molecule has 0 unspecified atom stereocenters. The topological polar surface area (TPSA) is 65.3 Å². The maximum atomic E-state index is 12.9. The third-order valence-electron chi connectivity index (χ3n) is 1.58. The van der Waals surface area contributed by atoms with Crippen LogP contribution in [0.25, 0.3) is 0 Å². The number of methoxy groups -OCH3 is 1. The van der Waals surface area contributed by atoms with Gasteiger partial charge in [0.2, 0.25) is 5.88 Å². The zero-order chi connectivity index (χ0) is 11.6. The Morgan fingerprint density at radius 2 is 2.20 bits per heavy atom. The van der Waals surface area contributed by atoms with Gasteiger partial charge in [0, 0.05) is 6.07 Å². The van der Waals surface area contributed by atoms with Crippen LogP contribution in [0, 0.1) is 16.1 Å². The fourth-order valence-electron chi connectivity index (χ4n) is 0.927. The predicted molar refractivity (Wildman–Crippen MR) is 42.4 cm³/mol. The maximum absolute atomic E-state index is 12.9. The number of hydrogen-bond donors (Lipinski definition) is 0. The fraction of sp³-hybridized carbons (Fsp3) is 0.286. The van der Waals surface area contributed by atoms with E-state index < -0.39 is 34.4 Å². The smallest absolute Gasteiger partial charge is 0.324 e. The van der Waals surface area contributed by atoms with Gasteiger partial charge in [-0.3, -0.25) is 10.1 Å². The van der Waals surface area contributed by atoms with E-state index in [9.17, 15) is 23.3 Å². The van der Waals surface area contributed by atoms with Crippen LogP contribution in [0.2, 0.25) is 0 Å². The maximum Gasteiger partial charge on any atom is 0.324 e. The van der Waals surface area contributed by atoms with Gasteiger partial charge in [-0.05, 0) is 0 Å². The van der Waals surface area contributed by atoms with Crippen LogP contribution < -0.4 is 4.74 Å². The molecule has 0 fully saturated rings. The summed E-state index contributed by atoms with van der Waals surface area (Å²) in [5.74, 6) is -2.12. The fourth-order valence-corrected chi connectivity index (χ4v) is 0.927. The van der Waals surface area contributed by atoms with E-state index in [4.69, 9.17) is 0 Å². The quantitative estimate of drug-likeness (QED) is 0.446. The number of nitrogens with zero attached hydrogens (tertiary/aromatic N) is 2. The highest BCUT2D eigenvalue weighted by Crippen LogP contribution is 2.31. The lowest BCUT2D eigenvalue weighted by Crippen LogP contribution is -2.02. The lowest BCUT2D eigenvalue weighted by molar-refractivity contribution is -0.388. The molecule has 8 heteroatoms. The van der Waals surface area contributed by atoms with Crippen molar-refractivity contribution in [3.05, 3.63) is 27.7 Å². The zero-order valence-electron chi connectivity index (χ0n) is 7.41. The van der Waals surface area contributed by atoms with Crippen molar-refractivity contribution in [2.24, 2.45) is 0 Å². The zero-order valence-corrected chi connectivity index (χ0v) is 7.41. The molecule has 0 saturated heterocycles. The number of aromatic nitrogens is 1. The third kappa shape index (κ3) is 2.14. The minimum absolute atomic E-state index is 0.409. The summed E-state index contributed by atoms with van der Waals surface area (Å²) in [4.78, 5) is 12.0. The van der Waals surface area contributed by atoms with Gasteiger partial charge in [0.25, 0.3) is 12.4 Å². The van der Waals surface area contributed by atoms with Crippen molar-refractivity contribution in [3.63, 3.8) is 0 Å². The van der Waals surface area contributed by atoms with Gasteiger partial charge in [-0.25, -0.2) is 8.78 Å². The Kier molecular flexibility index (Phi) is 3.08. The normalized spacial score (nSPS) is 10.5. The van der Waals surface area contributed by atoms with Crippen molar-refractivity contribution in [1.29, 1.82) is 0 Å². The van der Waals surface area contributed by atoms with Crippen LogP contribution in [0.3, 0.4) is 0 Å². The Bertz CT molecular complexity index is 397. The van der Waals surface area contributed by atoms with Crippen LogP contribution >= 0.6 is 0 Å². The molecule has 0 amide bonds. The molecule has 0 N–H and O–H groups in total. The molecule has 1 heterocycles. The van der Waals surface area contributed by atoms with Gasteiger partial charge in [-0.2, -0.15) is 9.37 Å². The average Bonchev–Trinajstić information content (AvgIpc) is 2.16. The predicted octanol–water partition coefficient (Wildman–Crippen LogP) is 2.08. The van der Waals surface area contributed by atoms with E-state index in [2.05, 4.69) is 9.72 Å². The molecule has 0 spiro atoms. The first-order valence-corrected chi connectivity index (χ1v) is 3.64. The van der Waals surface area contributed by atoms with E-state index in [1.807, 2.05) is 0 Å². The first-order chi connectivity index (χ1) is 6.97. The molecule has 1 aromatic rings. The Morgan fingerprint density at radius 3 is 2.60 bits per heavy atom. The summed E-state index contributed by atoms with van der Waals surface area (Å²) < 4.78 is 41.9. The number of alkyl halides is 2. The highest BCUT2D eigenvalue weighted by molar-refractivity contribution is 5.39. The van der Waals surface area contributed by atoms with Crippen LogP contribution in [0.4, 0.5) is 18.9 Å². The first kappa shape index (κ1) is 11.2. The van der Waals surface area contributed by atoms with Crippen molar-refractivity contribution in [1.82, 2.24) is 4.98 Å². The van der Waals surface area contributed by atoms with Crippen molar-refractivity contribution >= 4 is 5.69 Å². The number of halogens is 3. The first-order valence-electron chi connectivity index (χ1n) is 3.64. The van der Waals surface area contributed by atoms with E-state index >= 15 is 0 Å². The van der Waals surface area contributed by atoms with E-state index in [0.717, 1.165) is 7.11 Å². The molecular formula is C7H5F3N2O3. The molecule has 1 rings (SSSR count). The Labute approximate surface area is 81.6 Å². The van der Waals surface area contributed by atoms with Crippen molar-refractivity contribution < 1.29 is 22.8 Å². The average molecular weight is 222 g/mol. The summed E-state index contributed by atoms with van der Waals surface area (Å²) in [5, 5.41) is 10.2. The van der Waals surface area contributed by atoms with Gasteiger partial charge in [0.15, 0.2) is 0 Å². The molecule has 5 nitrogen and oxygen atoms in total. The molecule has 0 atom stereocenters. The Morgan fingerprint density at radius 1 is 1.60 bits per heavy atom. The number of pyridine rings is 1. The second kappa shape index (κ2) is 4.11. The molecule has 82 valence electrons. The van der Waals surface area contributed by atoms with Gasteiger partial charge in [0.1, 0.15) is 0 Å². The summed E-state index contributed by atoms with van der Waals surface area (Å²) in [5.41, 5.74) is -1.92. The van der Waals surface area contributed by atoms with Gasteiger partial charge < -0.3 is 4.74 Å². The van der Waals surface area contributed by atoms with Gasteiger partial charge >= 0.3 is 5.69 Å². The molecule has 0 aromatic carbocycles. The van der Waals surface area contributed by atoms with Crippen molar-refractivity contribution in [2.45, 2.75) is 6.43 Å². The monoisotopic (exact) mass is 222 g/mol. The summed E-state index contributed by atoms with van der Waals surface area (Å²) in [6.07, 6.45) is -3.02. The summed E-state index contributed by atoms with van der Waals surface area (Å²) >= 11 is 0. The lowest BCUT2D eigenvalue weighted by atomic mass is 10.2. The second-order valence-electron chi connectivity index (χ2n) is 2.45. The highest BCUT2D eigenvalue weighted by atomic mass is 19.3. The Hall–Kier alpha value is -1.86. The second-order valence-corrected chi connectivity index (χ2v) is 2.45. The number of rotatable bonds is 3. The largest absolute Gasteiger partial charge is 0.481 e. The number of ether oxygens (including phenoxy) is 1. The van der Waals surface area contributed by atoms with Gasteiger partial charge in [-0.15, -0.1) is 0 Å². The minimum Gasteiger partial charge on any atom is -0.481 e. The van der Waals surface area contributed by atoms with Crippen LogP contribution in [-0.4, -0.2) is 17.0 Å². The molecule has 0 radical (unpaired) electrons. The molecule has 0 aliphatic rings. The standard InChI is InChI=1S/C7H5F3N2O3/c1-15-7-3(5(8)9)2-4(12(13)14)6(10)11-7/h2,5H,1H3. The van der Waals surface area contributed by atoms with E-state index in [-0.39, 0.29) is 0 Å². The minimum atomic E-state index is -3.02. The highest BCUT2D eigenvalue weighted by Gasteiger charge is 2.24. The van der Waals surface area contributed by atoms with Crippen LogP contribution in [0.1, 0.15) is 12.0 Å². The third-order valence-corrected chi connectivity index (χ3v) is 1.58. The molecule has 0 aliphatic heterocycles. The van der Waals surface area contributed by atoms with Crippen molar-refractivity contribution in [3.8, 4) is 5.88 Å². The van der Waals surface area contributed by atoms with Crippen molar-refractivity contribution in [2.75, 3.05) is 7.11 Å².